The summed E-state index contributed by atoms with van der Waals surface area (Å²) in [6.07, 6.45) is 0. The maximum Gasteiger partial charge on any atom is 0.274 e. The molecule has 0 aliphatic carbocycles. The zero-order valence-electron chi connectivity index (χ0n) is 10.8. The molecule has 0 saturated carbocycles. The molecule has 0 N–H and O–H groups in total. The Balaban J connectivity index is 1.73. The van der Waals surface area contributed by atoms with Crippen molar-refractivity contribution in [2.45, 2.75) is 12.1 Å². The van der Waals surface area contributed by atoms with E-state index in [0.29, 0.717) is 29.4 Å². The maximum atomic E-state index is 13.3. The van der Waals surface area contributed by atoms with Crippen molar-refractivity contribution in [1.29, 1.82) is 0 Å². The Bertz CT molecular complexity index is 744. The van der Waals surface area contributed by atoms with Gasteiger partial charge in [0.2, 0.25) is 0 Å². The summed E-state index contributed by atoms with van der Waals surface area (Å²) >= 11 is 4.80. The number of fused-ring (bicyclic) bond motifs is 2. The minimum Gasteiger partial charge on any atom is -0.376 e. The van der Waals surface area contributed by atoms with Gasteiger partial charge in [0.1, 0.15) is 17.1 Å². The molecule has 7 heteroatoms. The molecule has 0 unspecified atom stereocenters. The van der Waals surface area contributed by atoms with Crippen LogP contribution in [-0.2, 0) is 16.8 Å². The molecule has 0 atom stereocenters. The summed E-state index contributed by atoms with van der Waals surface area (Å²) < 4.78 is 19.4. The van der Waals surface area contributed by atoms with Gasteiger partial charge in [0.25, 0.3) is 5.91 Å². The van der Waals surface area contributed by atoms with E-state index in [1.165, 1.54) is 23.5 Å². The Kier molecular flexibility index (Phi) is 2.92. The van der Waals surface area contributed by atoms with Crippen molar-refractivity contribution in [2.24, 2.45) is 0 Å². The predicted octanol–water partition coefficient (Wildman–Crippen LogP) is 2.93. The van der Waals surface area contributed by atoms with Gasteiger partial charge in [-0.25, -0.2) is 9.37 Å². The van der Waals surface area contributed by atoms with Crippen molar-refractivity contribution in [1.82, 2.24) is 9.88 Å². The summed E-state index contributed by atoms with van der Waals surface area (Å²) in [6.45, 7) is 1.30. The van der Waals surface area contributed by atoms with Crippen LogP contribution in [0, 0.1) is 5.82 Å². The first kappa shape index (κ1) is 13.4. The number of carbonyl (C=O) groups is 1. The van der Waals surface area contributed by atoms with E-state index < -0.39 is 5.54 Å². The van der Waals surface area contributed by atoms with Gasteiger partial charge < -0.3 is 9.64 Å². The number of rotatable bonds is 2. The quantitative estimate of drug-likeness (QED) is 0.818. The molecule has 0 bridgehead atoms. The number of benzene rings is 1. The van der Waals surface area contributed by atoms with Gasteiger partial charge in [-0.05, 0) is 33.6 Å². The molecule has 21 heavy (non-hydrogen) atoms. The summed E-state index contributed by atoms with van der Waals surface area (Å²) in [4.78, 5) is 19.6. The van der Waals surface area contributed by atoms with E-state index >= 15 is 0 Å². The van der Waals surface area contributed by atoms with Crippen LogP contribution in [-0.4, -0.2) is 29.0 Å². The summed E-state index contributed by atoms with van der Waals surface area (Å²) in [5.41, 5.74) is 0.831. The molecule has 2 aliphatic heterocycles. The number of hydrogen-bond acceptors (Lipinski definition) is 4. The number of nitrogens with zero attached hydrogens (tertiary/aromatic N) is 2. The molecule has 1 saturated heterocycles. The molecule has 4 rings (SSSR count). The summed E-state index contributed by atoms with van der Waals surface area (Å²) in [6, 6.07) is 6.32. The van der Waals surface area contributed by atoms with Crippen LogP contribution in [0.3, 0.4) is 0 Å². The molecule has 1 amide bonds. The van der Waals surface area contributed by atoms with E-state index in [-0.39, 0.29) is 11.7 Å². The third-order valence-corrected chi connectivity index (χ3v) is 5.60. The van der Waals surface area contributed by atoms with E-state index in [4.69, 9.17) is 4.74 Å². The first-order valence-electron chi connectivity index (χ1n) is 6.41. The van der Waals surface area contributed by atoms with Crippen LogP contribution in [0.4, 0.5) is 4.39 Å². The van der Waals surface area contributed by atoms with Crippen molar-refractivity contribution in [3.8, 4) is 0 Å². The van der Waals surface area contributed by atoms with Crippen LogP contribution in [0.25, 0.3) is 0 Å². The smallest absolute Gasteiger partial charge is 0.274 e. The minimum absolute atomic E-state index is 0.112. The number of thiazole rings is 1. The average molecular weight is 369 g/mol. The Labute approximate surface area is 132 Å². The highest BCUT2D eigenvalue weighted by Gasteiger charge is 2.57. The van der Waals surface area contributed by atoms with Gasteiger partial charge in [0.05, 0.1) is 18.1 Å². The molecule has 0 radical (unpaired) electrons. The second kappa shape index (κ2) is 4.59. The first-order valence-corrected chi connectivity index (χ1v) is 8.02. The number of ether oxygens (including phenoxy) is 1. The van der Waals surface area contributed by atoms with Crippen molar-refractivity contribution >= 4 is 33.2 Å². The summed E-state index contributed by atoms with van der Waals surface area (Å²) in [5.74, 6) is -0.409. The number of halogens is 2. The number of aromatic nitrogens is 1. The normalized spacial score (nSPS) is 19.0. The number of carbonyl (C=O) groups excluding carboxylic acids is 1. The van der Waals surface area contributed by atoms with Crippen LogP contribution in [0.5, 0.6) is 0 Å². The van der Waals surface area contributed by atoms with E-state index in [0.717, 1.165) is 10.4 Å². The third-order valence-electron chi connectivity index (χ3n) is 3.90. The third kappa shape index (κ3) is 1.88. The maximum absolute atomic E-state index is 13.3. The minimum atomic E-state index is -0.428. The molecule has 108 valence electrons. The lowest BCUT2D eigenvalue weighted by molar-refractivity contribution is -0.126. The molecule has 4 nitrogen and oxygen atoms in total. The van der Waals surface area contributed by atoms with Gasteiger partial charge in [-0.2, -0.15) is 0 Å². The Morgan fingerprint density at radius 3 is 2.95 bits per heavy atom. The van der Waals surface area contributed by atoms with Gasteiger partial charge in [-0.3, -0.25) is 4.79 Å². The van der Waals surface area contributed by atoms with Crippen LogP contribution in [0.1, 0.15) is 20.9 Å². The average Bonchev–Trinajstić information content (AvgIpc) is 2.86. The molecule has 2 aromatic rings. The standard InChI is InChI=1S/C14H10BrFN2O2S/c15-13-17-10-11(21-13)14(6-20-7-14)18(12(10)19)5-8-2-1-3-9(16)4-8/h1-4H,5-7H2. The van der Waals surface area contributed by atoms with Crippen molar-refractivity contribution in [3.63, 3.8) is 0 Å². The van der Waals surface area contributed by atoms with E-state index in [1.807, 2.05) is 6.07 Å². The lowest BCUT2D eigenvalue weighted by atomic mass is 9.95. The monoisotopic (exact) mass is 368 g/mol. The highest BCUT2D eigenvalue weighted by Crippen LogP contribution is 2.48. The highest BCUT2D eigenvalue weighted by atomic mass is 79.9. The van der Waals surface area contributed by atoms with E-state index in [9.17, 15) is 9.18 Å². The van der Waals surface area contributed by atoms with Gasteiger partial charge in [0, 0.05) is 6.54 Å². The second-order valence-corrected chi connectivity index (χ2v) is 7.47. The molecule has 3 heterocycles. The van der Waals surface area contributed by atoms with Gasteiger partial charge in [0.15, 0.2) is 3.92 Å². The highest BCUT2D eigenvalue weighted by molar-refractivity contribution is 9.11. The van der Waals surface area contributed by atoms with Crippen molar-refractivity contribution < 1.29 is 13.9 Å². The zero-order chi connectivity index (χ0) is 14.6. The van der Waals surface area contributed by atoms with E-state index in [2.05, 4.69) is 20.9 Å². The second-order valence-electron chi connectivity index (χ2n) is 5.19. The summed E-state index contributed by atoms with van der Waals surface area (Å²) in [5, 5.41) is 0. The molecule has 1 fully saturated rings. The predicted molar refractivity (Wildman–Crippen MR) is 78.6 cm³/mol. The number of amides is 1. The lowest BCUT2D eigenvalue weighted by Gasteiger charge is -2.44. The van der Waals surface area contributed by atoms with Crippen LogP contribution in [0.15, 0.2) is 28.2 Å². The number of hydrogen-bond donors (Lipinski definition) is 0. The lowest BCUT2D eigenvalue weighted by Crippen LogP contribution is -2.56. The Hall–Kier alpha value is -1.31. The fourth-order valence-electron chi connectivity index (χ4n) is 2.82. The largest absolute Gasteiger partial charge is 0.376 e. The molecule has 1 spiro atoms. The Morgan fingerprint density at radius 1 is 1.48 bits per heavy atom. The summed E-state index contributed by atoms with van der Waals surface area (Å²) in [7, 11) is 0. The van der Waals surface area contributed by atoms with Gasteiger partial charge in [-0.1, -0.05) is 12.1 Å². The topological polar surface area (TPSA) is 42.4 Å². The molecule has 1 aromatic heterocycles. The van der Waals surface area contributed by atoms with Crippen LogP contribution in [0.2, 0.25) is 0 Å². The van der Waals surface area contributed by atoms with Gasteiger partial charge >= 0.3 is 0 Å². The fourth-order valence-corrected chi connectivity index (χ4v) is 4.44. The molecule has 2 aliphatic rings. The van der Waals surface area contributed by atoms with E-state index in [1.54, 1.807) is 11.0 Å². The molecular formula is C14H10BrFN2O2S. The fraction of sp³-hybridized carbons (Fsp3) is 0.286. The van der Waals surface area contributed by atoms with Gasteiger partial charge in [-0.15, -0.1) is 11.3 Å². The molecule has 1 aromatic carbocycles. The van der Waals surface area contributed by atoms with Crippen LogP contribution < -0.4 is 0 Å². The SMILES string of the molecule is O=C1c2nc(Br)sc2C2(COC2)N1Cc1cccc(F)c1. The van der Waals surface area contributed by atoms with Crippen molar-refractivity contribution in [3.05, 3.63) is 50.1 Å². The van der Waals surface area contributed by atoms with Crippen LogP contribution >= 0.6 is 27.3 Å². The Morgan fingerprint density at radius 2 is 2.29 bits per heavy atom. The van der Waals surface area contributed by atoms with Crippen molar-refractivity contribution in [2.75, 3.05) is 13.2 Å². The zero-order valence-corrected chi connectivity index (χ0v) is 13.2. The first-order chi connectivity index (χ1) is 10.1. The molecular weight excluding hydrogens is 359 g/mol.